The van der Waals surface area contributed by atoms with Crippen LogP contribution in [0.5, 0.6) is 0 Å². The third-order valence-corrected chi connectivity index (χ3v) is 5.42. The van der Waals surface area contributed by atoms with Gasteiger partial charge in [0.1, 0.15) is 11.7 Å². The van der Waals surface area contributed by atoms with Crippen molar-refractivity contribution in [1.29, 1.82) is 0 Å². The van der Waals surface area contributed by atoms with Crippen LogP contribution >= 0.6 is 0 Å². The second-order valence-electron chi connectivity index (χ2n) is 8.07. The average molecular weight is 464 g/mol. The Kier molecular flexibility index (Phi) is 5.72. The fraction of sp³-hybridized carbons (Fsp3) is 0.450. The van der Waals surface area contributed by atoms with E-state index in [1.54, 1.807) is 31.2 Å². The van der Waals surface area contributed by atoms with Gasteiger partial charge in [0.2, 0.25) is 5.91 Å². The summed E-state index contributed by atoms with van der Waals surface area (Å²) in [6.07, 6.45) is 1.58. The maximum atomic E-state index is 13.2. The lowest BCUT2D eigenvalue weighted by atomic mass is 10.2. The molecule has 0 aliphatic heterocycles. The highest BCUT2D eigenvalue weighted by molar-refractivity contribution is 6.03. The normalized spacial score (nSPS) is 14.8. The Bertz CT molecular complexity index is 1190. The van der Waals surface area contributed by atoms with Gasteiger partial charge in [0.25, 0.3) is 5.91 Å². The lowest BCUT2D eigenvalue weighted by molar-refractivity contribution is -0.141. The molecule has 1 aliphatic carbocycles. The summed E-state index contributed by atoms with van der Waals surface area (Å²) in [5, 5.41) is 17.1. The van der Waals surface area contributed by atoms with Crippen LogP contribution in [0.15, 0.2) is 24.7 Å². The summed E-state index contributed by atoms with van der Waals surface area (Å²) in [5.41, 5.74) is 0.401. The number of nitrogens with zero attached hydrogens (tertiary/aromatic N) is 6. The Morgan fingerprint density at radius 1 is 1.21 bits per heavy atom. The van der Waals surface area contributed by atoms with E-state index in [-0.39, 0.29) is 23.8 Å². The quantitative estimate of drug-likeness (QED) is 0.558. The molecular weight excluding hydrogens is 441 g/mol. The van der Waals surface area contributed by atoms with E-state index in [1.807, 2.05) is 0 Å². The van der Waals surface area contributed by atoms with Crippen LogP contribution in [0.2, 0.25) is 0 Å². The molecule has 1 fully saturated rings. The Morgan fingerprint density at radius 3 is 2.55 bits per heavy atom. The molecule has 13 heteroatoms. The first-order valence-electron chi connectivity index (χ1n) is 10.3. The molecule has 1 saturated carbocycles. The van der Waals surface area contributed by atoms with Gasteiger partial charge in [0.15, 0.2) is 5.69 Å². The van der Waals surface area contributed by atoms with Crippen molar-refractivity contribution in [1.82, 2.24) is 34.7 Å². The summed E-state index contributed by atoms with van der Waals surface area (Å²) < 4.78 is 43.6. The van der Waals surface area contributed by atoms with Crippen molar-refractivity contribution < 1.29 is 22.8 Å². The lowest BCUT2D eigenvalue weighted by Gasteiger charge is -2.16. The fourth-order valence-electron chi connectivity index (χ4n) is 3.52. The maximum absolute atomic E-state index is 13.2. The molecule has 0 aromatic carbocycles. The van der Waals surface area contributed by atoms with Crippen molar-refractivity contribution in [2.24, 2.45) is 14.1 Å². The molecule has 3 heterocycles. The van der Waals surface area contributed by atoms with Gasteiger partial charge in [0, 0.05) is 44.0 Å². The van der Waals surface area contributed by atoms with Crippen LogP contribution in [0.25, 0.3) is 0 Å². The number of amides is 2. The zero-order chi connectivity index (χ0) is 23.9. The second-order valence-corrected chi connectivity index (χ2v) is 8.07. The first-order valence-corrected chi connectivity index (χ1v) is 10.3. The van der Waals surface area contributed by atoms with E-state index in [2.05, 4.69) is 25.9 Å². The van der Waals surface area contributed by atoms with E-state index >= 15 is 0 Å². The number of nitrogens with one attached hydrogen (secondary N) is 2. The first kappa shape index (κ1) is 22.6. The van der Waals surface area contributed by atoms with Crippen LogP contribution in [-0.4, -0.2) is 41.2 Å². The molecule has 4 rings (SSSR count). The smallest absolute Gasteiger partial charge is 0.346 e. The summed E-state index contributed by atoms with van der Waals surface area (Å²) in [4.78, 5) is 25.6. The minimum Gasteiger partial charge on any atom is -0.346 e. The number of halogens is 3. The van der Waals surface area contributed by atoms with Crippen molar-refractivity contribution in [2.45, 2.75) is 44.4 Å². The number of carbonyl (C=O) groups excluding carboxylic acids is 2. The van der Waals surface area contributed by atoms with Crippen LogP contribution in [0.3, 0.4) is 0 Å². The van der Waals surface area contributed by atoms with Crippen molar-refractivity contribution in [3.05, 3.63) is 47.3 Å². The van der Waals surface area contributed by atoms with Gasteiger partial charge in [-0.2, -0.15) is 28.5 Å². The van der Waals surface area contributed by atoms with Crippen LogP contribution in [0.4, 0.5) is 18.9 Å². The molecule has 2 amide bonds. The highest BCUT2D eigenvalue weighted by atomic mass is 19.4. The third-order valence-electron chi connectivity index (χ3n) is 5.42. The van der Waals surface area contributed by atoms with E-state index in [0.717, 1.165) is 29.2 Å². The summed E-state index contributed by atoms with van der Waals surface area (Å²) in [7, 11) is 3.31. The summed E-state index contributed by atoms with van der Waals surface area (Å²) in [6, 6.07) is -0.0220. The molecule has 3 aromatic heterocycles. The summed E-state index contributed by atoms with van der Waals surface area (Å²) >= 11 is 0. The molecule has 10 nitrogen and oxygen atoms in total. The highest BCUT2D eigenvalue weighted by Crippen LogP contribution is 2.43. The summed E-state index contributed by atoms with van der Waals surface area (Å²) in [5.74, 6) is -1.13. The van der Waals surface area contributed by atoms with Crippen LogP contribution in [-0.2, 0) is 31.6 Å². The van der Waals surface area contributed by atoms with Gasteiger partial charge in [-0.05, 0) is 25.8 Å². The van der Waals surface area contributed by atoms with Crippen molar-refractivity contribution in [3.8, 4) is 0 Å². The molecule has 1 aliphatic rings. The zero-order valence-electron chi connectivity index (χ0n) is 18.2. The van der Waals surface area contributed by atoms with Gasteiger partial charge in [-0.25, -0.2) is 0 Å². The largest absolute Gasteiger partial charge is 0.435 e. The van der Waals surface area contributed by atoms with E-state index in [9.17, 15) is 22.8 Å². The van der Waals surface area contributed by atoms with E-state index in [1.165, 1.54) is 17.8 Å². The molecule has 1 atom stereocenters. The number of hydrogen-bond acceptors (Lipinski definition) is 5. The van der Waals surface area contributed by atoms with Crippen molar-refractivity contribution in [2.75, 3.05) is 5.32 Å². The second kappa shape index (κ2) is 8.37. The monoisotopic (exact) mass is 464 g/mol. The molecule has 0 radical (unpaired) electrons. The summed E-state index contributed by atoms with van der Waals surface area (Å²) in [6.45, 7) is 1.69. The van der Waals surface area contributed by atoms with E-state index in [0.29, 0.717) is 5.69 Å². The van der Waals surface area contributed by atoms with Crippen molar-refractivity contribution in [3.63, 3.8) is 0 Å². The van der Waals surface area contributed by atoms with Crippen molar-refractivity contribution >= 4 is 17.5 Å². The zero-order valence-corrected chi connectivity index (χ0v) is 18.2. The number of anilines is 1. The molecular formula is C20H23F3N8O2. The van der Waals surface area contributed by atoms with Crippen LogP contribution < -0.4 is 10.6 Å². The van der Waals surface area contributed by atoms with Crippen LogP contribution in [0, 0.1) is 0 Å². The van der Waals surface area contributed by atoms with Crippen LogP contribution in [0.1, 0.15) is 59.2 Å². The third kappa shape index (κ3) is 4.76. The Morgan fingerprint density at radius 2 is 1.94 bits per heavy atom. The number of carbonyl (C=O) groups is 2. The fourth-order valence-corrected chi connectivity index (χ4v) is 3.52. The predicted octanol–water partition coefficient (Wildman–Crippen LogP) is 2.38. The minimum absolute atomic E-state index is 0.0453. The molecule has 3 aromatic rings. The molecule has 2 N–H and O–H groups in total. The average Bonchev–Trinajstić information content (AvgIpc) is 3.16. The number of aromatic nitrogens is 6. The molecule has 0 spiro atoms. The van der Waals surface area contributed by atoms with Gasteiger partial charge in [-0.15, -0.1) is 0 Å². The number of hydrogen-bond donors (Lipinski definition) is 2. The highest BCUT2D eigenvalue weighted by Gasteiger charge is 2.39. The predicted molar refractivity (Wildman–Crippen MR) is 110 cm³/mol. The molecule has 33 heavy (non-hydrogen) atoms. The Hall–Kier alpha value is -3.64. The standard InChI is InChI=1S/C20H23F3N8O2/c1-11(31-15(13-4-5-13)6-16(28-31)20(21,22)23)18(32)27-14-9-26-30(3)17(14)19(33)24-7-12-8-25-29(2)10-12/h6,8-11,13H,4-5,7H2,1-3H3,(H,24,33)(H,27,32). The number of alkyl halides is 3. The molecule has 0 bridgehead atoms. The molecule has 176 valence electrons. The van der Waals surface area contributed by atoms with Gasteiger partial charge < -0.3 is 10.6 Å². The SMILES string of the molecule is CC(C(=O)Nc1cnn(C)c1C(=O)NCc1cnn(C)c1)n1nc(C(F)(F)F)cc1C1CC1. The van der Waals surface area contributed by atoms with Gasteiger partial charge >= 0.3 is 6.18 Å². The topological polar surface area (TPSA) is 112 Å². The van der Waals surface area contributed by atoms with E-state index in [4.69, 9.17) is 0 Å². The molecule has 0 saturated heterocycles. The minimum atomic E-state index is -4.60. The van der Waals surface area contributed by atoms with Gasteiger partial charge in [0.05, 0.1) is 18.1 Å². The van der Waals surface area contributed by atoms with Gasteiger partial charge in [-0.3, -0.25) is 23.6 Å². The Labute approximate surface area is 186 Å². The molecule has 1 unspecified atom stereocenters. The lowest BCUT2D eigenvalue weighted by Crippen LogP contribution is -2.29. The first-order chi connectivity index (χ1) is 15.5. The number of rotatable bonds is 7. The van der Waals surface area contributed by atoms with E-state index < -0.39 is 29.7 Å². The Balaban J connectivity index is 1.50. The van der Waals surface area contributed by atoms with Gasteiger partial charge in [-0.1, -0.05) is 0 Å². The maximum Gasteiger partial charge on any atom is 0.435 e. The number of aryl methyl sites for hydroxylation is 2.